The lowest BCUT2D eigenvalue weighted by atomic mass is 10.1. The van der Waals surface area contributed by atoms with E-state index in [0.29, 0.717) is 25.5 Å². The Balaban J connectivity index is 1.71. The Kier molecular flexibility index (Phi) is 5.70. The van der Waals surface area contributed by atoms with Crippen LogP contribution in [0, 0.1) is 13.8 Å². The van der Waals surface area contributed by atoms with Crippen LogP contribution in [-0.2, 0) is 20.1 Å². The highest BCUT2D eigenvalue weighted by atomic mass is 16.5. The molecule has 0 amide bonds. The molecule has 0 spiro atoms. The first-order chi connectivity index (χ1) is 16.4. The summed E-state index contributed by atoms with van der Waals surface area (Å²) in [5, 5.41) is 27.4. The summed E-state index contributed by atoms with van der Waals surface area (Å²) in [7, 11) is 3.94. The number of likely N-dealkylation sites (N-methyl/N-ethyl adjacent to an activating group) is 1. The zero-order valence-electron chi connectivity index (χ0n) is 20.2. The van der Waals surface area contributed by atoms with Crippen molar-refractivity contribution in [1.29, 1.82) is 0 Å². The summed E-state index contributed by atoms with van der Waals surface area (Å²) in [5.74, 6) is 0.685. The van der Waals surface area contributed by atoms with E-state index < -0.39 is 0 Å². The molecule has 0 saturated carbocycles. The fourth-order valence-electron chi connectivity index (χ4n) is 4.66. The minimum atomic E-state index is -0.0899. The van der Waals surface area contributed by atoms with Gasteiger partial charge in [0.25, 0.3) is 0 Å². The van der Waals surface area contributed by atoms with Crippen LogP contribution in [0.3, 0.4) is 0 Å². The number of hydrogen-bond donors (Lipinski definition) is 2. The predicted octanol–water partition coefficient (Wildman–Crippen LogP) is 2.55. The highest BCUT2D eigenvalue weighted by Crippen LogP contribution is 2.33. The van der Waals surface area contributed by atoms with Crippen molar-refractivity contribution in [2.24, 2.45) is 7.05 Å². The summed E-state index contributed by atoms with van der Waals surface area (Å²) in [6.45, 7) is 7.86. The largest absolute Gasteiger partial charge is 0.473 e. The summed E-state index contributed by atoms with van der Waals surface area (Å²) in [6.07, 6.45) is 5.83. The molecular formula is C24H30N8O2. The average molecular weight is 463 g/mol. The van der Waals surface area contributed by atoms with Crippen LogP contribution in [0.5, 0.6) is 5.88 Å². The Morgan fingerprint density at radius 3 is 2.82 bits per heavy atom. The van der Waals surface area contributed by atoms with E-state index >= 15 is 0 Å². The minimum absolute atomic E-state index is 0.0318. The van der Waals surface area contributed by atoms with Gasteiger partial charge in [-0.05, 0) is 46.0 Å². The zero-order chi connectivity index (χ0) is 24.0. The van der Waals surface area contributed by atoms with Gasteiger partial charge in [-0.3, -0.25) is 19.7 Å². The summed E-state index contributed by atoms with van der Waals surface area (Å²) in [5.41, 5.74) is 7.23. The van der Waals surface area contributed by atoms with Crippen molar-refractivity contribution in [3.05, 3.63) is 40.6 Å². The number of aromatic nitrogens is 7. The molecule has 2 N–H and O–H groups in total. The molecule has 2 bridgehead atoms. The van der Waals surface area contributed by atoms with Gasteiger partial charge in [0.1, 0.15) is 11.6 Å². The standard InChI is InChI=1S/C24H30N8O2/c1-14-12-30(4)13-22-17(15(2)29-32(22)8-9-33)6-7-20-18-10-21(26-16(3)23(18)28-27-20)19-11-25-31(5)24(19)34-14/h6-7,10-11,14,33H,8-9,12-13H2,1-5H3,(H,27,28)/b7-6+. The quantitative estimate of drug-likeness (QED) is 0.471. The van der Waals surface area contributed by atoms with E-state index in [2.05, 4.69) is 45.3 Å². The van der Waals surface area contributed by atoms with Crippen molar-refractivity contribution in [2.45, 2.75) is 40.0 Å². The van der Waals surface area contributed by atoms with Crippen LogP contribution < -0.4 is 4.74 Å². The van der Waals surface area contributed by atoms with Gasteiger partial charge in [-0.2, -0.15) is 15.3 Å². The number of fused-ring (bicyclic) bond motifs is 4. The van der Waals surface area contributed by atoms with Gasteiger partial charge in [0, 0.05) is 31.1 Å². The molecule has 1 aliphatic rings. The first-order valence-electron chi connectivity index (χ1n) is 11.4. The fourth-order valence-corrected chi connectivity index (χ4v) is 4.66. The maximum atomic E-state index is 9.58. The van der Waals surface area contributed by atoms with Gasteiger partial charge in [0.15, 0.2) is 0 Å². The molecule has 10 nitrogen and oxygen atoms in total. The maximum absolute atomic E-state index is 9.58. The number of aliphatic hydroxyl groups excluding tert-OH is 1. The van der Waals surface area contributed by atoms with E-state index in [1.54, 1.807) is 10.9 Å². The van der Waals surface area contributed by atoms with Gasteiger partial charge < -0.3 is 9.84 Å². The number of H-pyrrole nitrogens is 1. The fraction of sp³-hybridized carbons (Fsp3) is 0.417. The molecule has 0 radical (unpaired) electrons. The monoisotopic (exact) mass is 462 g/mol. The molecule has 0 aliphatic carbocycles. The summed E-state index contributed by atoms with van der Waals surface area (Å²) >= 11 is 0. The highest BCUT2D eigenvalue weighted by Gasteiger charge is 2.21. The van der Waals surface area contributed by atoms with E-state index in [1.165, 1.54) is 0 Å². The van der Waals surface area contributed by atoms with E-state index in [0.717, 1.165) is 50.5 Å². The molecule has 4 aromatic heterocycles. The predicted molar refractivity (Wildman–Crippen MR) is 130 cm³/mol. The molecule has 0 saturated heterocycles. The molecule has 1 unspecified atom stereocenters. The van der Waals surface area contributed by atoms with Crippen LogP contribution in [0.1, 0.15) is 35.3 Å². The molecule has 5 heterocycles. The van der Waals surface area contributed by atoms with Crippen LogP contribution >= 0.6 is 0 Å². The Labute approximate surface area is 197 Å². The maximum Gasteiger partial charge on any atom is 0.221 e. The SMILES string of the molecule is Cc1nn(CCO)c2c1/C=C/c1[nH]nc3c(C)nc(cc13)-c1cnn(C)c1OC(C)CN(C)C2. The van der Waals surface area contributed by atoms with Gasteiger partial charge in [0.05, 0.1) is 53.4 Å². The number of nitrogens with zero attached hydrogens (tertiary/aromatic N) is 7. The number of rotatable bonds is 2. The third-order valence-electron chi connectivity index (χ3n) is 6.22. The normalized spacial score (nSPS) is 17.8. The lowest BCUT2D eigenvalue weighted by Gasteiger charge is -2.23. The van der Waals surface area contributed by atoms with Crippen molar-refractivity contribution in [3.8, 4) is 17.1 Å². The molecule has 10 heteroatoms. The summed E-state index contributed by atoms with van der Waals surface area (Å²) in [4.78, 5) is 7.01. The van der Waals surface area contributed by atoms with Gasteiger partial charge in [-0.15, -0.1) is 0 Å². The van der Waals surface area contributed by atoms with E-state index in [1.807, 2.05) is 37.7 Å². The second kappa shape index (κ2) is 8.69. The number of aliphatic hydroxyl groups is 1. The van der Waals surface area contributed by atoms with E-state index in [-0.39, 0.29) is 12.7 Å². The number of pyridine rings is 1. The van der Waals surface area contributed by atoms with Gasteiger partial charge >= 0.3 is 0 Å². The Morgan fingerprint density at radius 1 is 1.21 bits per heavy atom. The van der Waals surface area contributed by atoms with Crippen molar-refractivity contribution in [1.82, 2.24) is 39.6 Å². The topological polar surface area (TPSA) is 110 Å². The molecule has 1 atom stereocenters. The second-order valence-electron chi connectivity index (χ2n) is 8.96. The van der Waals surface area contributed by atoms with Crippen LogP contribution in [0.2, 0.25) is 0 Å². The first kappa shape index (κ1) is 22.3. The summed E-state index contributed by atoms with van der Waals surface area (Å²) in [6, 6.07) is 2.04. The number of aryl methyl sites for hydroxylation is 3. The van der Waals surface area contributed by atoms with Crippen LogP contribution in [0.15, 0.2) is 12.3 Å². The molecular weight excluding hydrogens is 432 g/mol. The van der Waals surface area contributed by atoms with Crippen LogP contribution in [0.4, 0.5) is 0 Å². The number of aromatic amines is 1. The molecule has 5 rings (SSSR count). The number of nitrogens with one attached hydrogen (secondary N) is 1. The van der Waals surface area contributed by atoms with Crippen molar-refractivity contribution < 1.29 is 9.84 Å². The zero-order valence-corrected chi connectivity index (χ0v) is 20.2. The highest BCUT2D eigenvalue weighted by molar-refractivity contribution is 5.93. The second-order valence-corrected chi connectivity index (χ2v) is 8.96. The molecule has 34 heavy (non-hydrogen) atoms. The van der Waals surface area contributed by atoms with Crippen LogP contribution in [-0.4, -0.2) is 71.1 Å². The lowest BCUT2D eigenvalue weighted by Crippen LogP contribution is -2.32. The third-order valence-corrected chi connectivity index (χ3v) is 6.22. The number of hydrogen-bond acceptors (Lipinski definition) is 7. The molecule has 0 fully saturated rings. The van der Waals surface area contributed by atoms with Crippen molar-refractivity contribution in [2.75, 3.05) is 20.2 Å². The molecule has 178 valence electrons. The van der Waals surface area contributed by atoms with Gasteiger partial charge in [-0.1, -0.05) is 0 Å². The van der Waals surface area contributed by atoms with Crippen molar-refractivity contribution in [3.63, 3.8) is 0 Å². The minimum Gasteiger partial charge on any atom is -0.473 e. The molecule has 1 aliphatic heterocycles. The van der Waals surface area contributed by atoms with Gasteiger partial charge in [-0.25, -0.2) is 4.68 Å². The smallest absolute Gasteiger partial charge is 0.221 e. The molecule has 0 aromatic carbocycles. The van der Waals surface area contributed by atoms with E-state index in [9.17, 15) is 5.11 Å². The average Bonchev–Trinajstić information content (AvgIpc) is 3.43. The van der Waals surface area contributed by atoms with Crippen LogP contribution in [0.25, 0.3) is 34.3 Å². The molecule has 4 aromatic rings. The Hall–Kier alpha value is -3.50. The third kappa shape index (κ3) is 3.88. The lowest BCUT2D eigenvalue weighted by molar-refractivity contribution is 0.146. The van der Waals surface area contributed by atoms with Crippen molar-refractivity contribution >= 4 is 23.1 Å². The Bertz CT molecular complexity index is 1380. The first-order valence-corrected chi connectivity index (χ1v) is 11.4. The number of ether oxygens (including phenoxy) is 1. The van der Waals surface area contributed by atoms with E-state index in [4.69, 9.17) is 9.72 Å². The summed E-state index contributed by atoms with van der Waals surface area (Å²) < 4.78 is 10.0. The Morgan fingerprint density at radius 2 is 2.03 bits per heavy atom. The van der Waals surface area contributed by atoms with Gasteiger partial charge in [0.2, 0.25) is 5.88 Å².